The van der Waals surface area contributed by atoms with Crippen LogP contribution in [0.15, 0.2) is 11.9 Å². The summed E-state index contributed by atoms with van der Waals surface area (Å²) in [7, 11) is 0. The van der Waals surface area contributed by atoms with Gasteiger partial charge in [0.1, 0.15) is 5.83 Å². The molecule has 2 aliphatic carbocycles. The fraction of sp³-hybridized carbons (Fsp3) is 0.926. The standard InChI is InChI=1S/C27H44F4O/c1-3-4-19(2)21-10-12-22(13-11-21)24-14-16-25(32-18-24)15-7-20-5-8-23(9-6-20)26(28)17-27(29,30)31/h17,19-25H,3-16,18H2,1-2H3/b26-17-. The summed E-state index contributed by atoms with van der Waals surface area (Å²) in [5, 5.41) is 0. The van der Waals surface area contributed by atoms with Crippen molar-refractivity contribution >= 4 is 0 Å². The van der Waals surface area contributed by atoms with E-state index in [0.717, 1.165) is 62.4 Å². The zero-order chi connectivity index (χ0) is 23.1. The molecule has 0 aromatic heterocycles. The lowest BCUT2D eigenvalue weighted by Gasteiger charge is -2.39. The molecule has 1 aliphatic heterocycles. The summed E-state index contributed by atoms with van der Waals surface area (Å²) in [6.45, 7) is 5.63. The summed E-state index contributed by atoms with van der Waals surface area (Å²) in [6, 6.07) is 0. The molecule has 3 fully saturated rings. The molecule has 2 saturated carbocycles. The fourth-order valence-electron chi connectivity index (χ4n) is 6.72. The molecule has 0 bridgehead atoms. The Bertz CT molecular complexity index is 563. The molecule has 0 spiro atoms. The van der Waals surface area contributed by atoms with Gasteiger partial charge in [0.25, 0.3) is 0 Å². The Morgan fingerprint density at radius 3 is 2.12 bits per heavy atom. The summed E-state index contributed by atoms with van der Waals surface area (Å²) < 4.78 is 57.1. The third-order valence-electron chi connectivity index (χ3n) is 8.87. The second-order valence-corrected chi connectivity index (χ2v) is 11.1. The molecule has 3 rings (SSSR count). The van der Waals surface area contributed by atoms with E-state index in [-0.39, 0.29) is 6.08 Å². The van der Waals surface area contributed by atoms with Crippen molar-refractivity contribution in [3.63, 3.8) is 0 Å². The van der Waals surface area contributed by atoms with E-state index in [9.17, 15) is 17.6 Å². The maximum Gasteiger partial charge on any atom is 0.412 e. The third-order valence-corrected chi connectivity index (χ3v) is 8.87. The quantitative estimate of drug-likeness (QED) is 0.328. The number of ether oxygens (including phenoxy) is 1. The maximum absolute atomic E-state index is 13.8. The van der Waals surface area contributed by atoms with Gasteiger partial charge >= 0.3 is 6.18 Å². The van der Waals surface area contributed by atoms with Crippen molar-refractivity contribution in [1.29, 1.82) is 0 Å². The number of hydrogen-bond acceptors (Lipinski definition) is 1. The van der Waals surface area contributed by atoms with Crippen LogP contribution in [-0.4, -0.2) is 18.9 Å². The van der Waals surface area contributed by atoms with Crippen LogP contribution in [0.3, 0.4) is 0 Å². The first-order valence-corrected chi connectivity index (χ1v) is 13.3. The van der Waals surface area contributed by atoms with Crippen LogP contribution in [0.2, 0.25) is 0 Å². The van der Waals surface area contributed by atoms with Crippen molar-refractivity contribution in [1.82, 2.24) is 0 Å². The van der Waals surface area contributed by atoms with Crippen LogP contribution in [0.4, 0.5) is 17.6 Å². The van der Waals surface area contributed by atoms with Gasteiger partial charge in [0, 0.05) is 5.92 Å². The number of hydrogen-bond donors (Lipinski definition) is 0. The van der Waals surface area contributed by atoms with Gasteiger partial charge < -0.3 is 4.74 Å². The predicted octanol–water partition coefficient (Wildman–Crippen LogP) is 9.03. The van der Waals surface area contributed by atoms with Gasteiger partial charge in [0.15, 0.2) is 0 Å². The SMILES string of the molecule is CCCC(C)C1CCC(C2CCC(CCC3CCC(/C(F)=C/C(F)(F)F)CC3)OC2)CC1. The first-order valence-electron chi connectivity index (χ1n) is 13.3. The van der Waals surface area contributed by atoms with Crippen LogP contribution in [-0.2, 0) is 4.74 Å². The van der Waals surface area contributed by atoms with Crippen molar-refractivity contribution in [3.8, 4) is 0 Å². The Balaban J connectivity index is 1.30. The molecule has 32 heavy (non-hydrogen) atoms. The minimum Gasteiger partial charge on any atom is -0.378 e. The van der Waals surface area contributed by atoms with Gasteiger partial charge in [-0.05, 0) is 107 Å². The highest BCUT2D eigenvalue weighted by molar-refractivity contribution is 5.03. The monoisotopic (exact) mass is 460 g/mol. The minimum absolute atomic E-state index is 0.150. The van der Waals surface area contributed by atoms with Gasteiger partial charge in [-0.1, -0.05) is 26.7 Å². The molecule has 1 saturated heterocycles. The number of alkyl halides is 3. The highest BCUT2D eigenvalue weighted by Gasteiger charge is 2.34. The second kappa shape index (κ2) is 12.2. The van der Waals surface area contributed by atoms with Gasteiger partial charge in [0.05, 0.1) is 18.8 Å². The molecule has 3 unspecified atom stereocenters. The topological polar surface area (TPSA) is 9.23 Å². The molecule has 5 heteroatoms. The Labute approximate surface area is 192 Å². The van der Waals surface area contributed by atoms with Crippen molar-refractivity contribution < 1.29 is 22.3 Å². The molecule has 3 aliphatic rings. The van der Waals surface area contributed by atoms with Gasteiger partial charge in [-0.15, -0.1) is 0 Å². The molecule has 1 nitrogen and oxygen atoms in total. The summed E-state index contributed by atoms with van der Waals surface area (Å²) in [6.07, 6.45) is 11.1. The van der Waals surface area contributed by atoms with Crippen LogP contribution in [0.5, 0.6) is 0 Å². The first-order chi connectivity index (χ1) is 15.2. The first kappa shape index (κ1) is 26.0. The lowest BCUT2D eigenvalue weighted by molar-refractivity contribution is -0.0821. The lowest BCUT2D eigenvalue weighted by atomic mass is 9.70. The van der Waals surface area contributed by atoms with E-state index in [0.29, 0.717) is 24.9 Å². The predicted molar refractivity (Wildman–Crippen MR) is 122 cm³/mol. The number of allylic oxidation sites excluding steroid dienone is 2. The van der Waals surface area contributed by atoms with Gasteiger partial charge in [-0.3, -0.25) is 0 Å². The molecule has 1 heterocycles. The third kappa shape index (κ3) is 8.02. The van der Waals surface area contributed by atoms with E-state index in [1.807, 2.05) is 0 Å². The van der Waals surface area contributed by atoms with Gasteiger partial charge in [-0.2, -0.15) is 13.2 Å². The summed E-state index contributed by atoms with van der Waals surface area (Å²) in [4.78, 5) is 0. The molecular weight excluding hydrogens is 416 g/mol. The van der Waals surface area contributed by atoms with E-state index < -0.39 is 17.9 Å². The normalized spacial score (nSPS) is 36.1. The molecule has 0 N–H and O–H groups in total. The molecule has 186 valence electrons. The summed E-state index contributed by atoms with van der Waals surface area (Å²) in [5.74, 6) is 2.36. The molecule has 0 radical (unpaired) electrons. The average Bonchev–Trinajstić information content (AvgIpc) is 2.77. The zero-order valence-electron chi connectivity index (χ0n) is 20.1. The van der Waals surface area contributed by atoms with Crippen LogP contribution < -0.4 is 0 Å². The van der Waals surface area contributed by atoms with Crippen LogP contribution in [0.25, 0.3) is 0 Å². The van der Waals surface area contributed by atoms with E-state index >= 15 is 0 Å². The molecule has 0 amide bonds. The Kier molecular flexibility index (Phi) is 9.94. The number of halogens is 4. The largest absolute Gasteiger partial charge is 0.412 e. The average molecular weight is 461 g/mol. The van der Waals surface area contributed by atoms with E-state index in [2.05, 4.69) is 13.8 Å². The van der Waals surface area contributed by atoms with Crippen LogP contribution >= 0.6 is 0 Å². The molecular formula is C27H44F4O. The molecule has 0 aromatic carbocycles. The van der Waals surface area contributed by atoms with E-state index in [4.69, 9.17) is 4.74 Å². The zero-order valence-corrected chi connectivity index (χ0v) is 20.1. The van der Waals surface area contributed by atoms with Crippen molar-refractivity contribution in [2.24, 2.45) is 35.5 Å². The van der Waals surface area contributed by atoms with Crippen LogP contribution in [0.1, 0.15) is 104 Å². The van der Waals surface area contributed by atoms with Gasteiger partial charge in [-0.25, -0.2) is 4.39 Å². The molecule has 3 atom stereocenters. The highest BCUT2D eigenvalue weighted by atomic mass is 19.4. The van der Waals surface area contributed by atoms with E-state index in [1.54, 1.807) is 0 Å². The van der Waals surface area contributed by atoms with Gasteiger partial charge in [0.2, 0.25) is 0 Å². The van der Waals surface area contributed by atoms with Crippen molar-refractivity contribution in [2.45, 2.75) is 116 Å². The number of rotatable bonds is 8. The highest BCUT2D eigenvalue weighted by Crippen LogP contribution is 2.42. The summed E-state index contributed by atoms with van der Waals surface area (Å²) in [5.41, 5.74) is 0. The minimum atomic E-state index is -4.55. The second-order valence-electron chi connectivity index (χ2n) is 11.1. The smallest absolute Gasteiger partial charge is 0.378 e. The van der Waals surface area contributed by atoms with Crippen LogP contribution in [0, 0.1) is 35.5 Å². The van der Waals surface area contributed by atoms with E-state index in [1.165, 1.54) is 44.9 Å². The maximum atomic E-state index is 13.8. The Morgan fingerprint density at radius 2 is 1.56 bits per heavy atom. The lowest BCUT2D eigenvalue weighted by Crippen LogP contribution is -2.33. The van der Waals surface area contributed by atoms with Crippen molar-refractivity contribution in [2.75, 3.05) is 6.61 Å². The molecule has 0 aromatic rings. The summed E-state index contributed by atoms with van der Waals surface area (Å²) >= 11 is 0. The Morgan fingerprint density at radius 1 is 0.906 bits per heavy atom. The van der Waals surface area contributed by atoms with Crippen molar-refractivity contribution in [3.05, 3.63) is 11.9 Å². The Hall–Kier alpha value is -0.580. The fourth-order valence-corrected chi connectivity index (χ4v) is 6.72.